The minimum Gasteiger partial charge on any atom is -0.390 e. The molecule has 0 aromatic rings. The Labute approximate surface area is 93.0 Å². The zero-order valence-corrected chi connectivity index (χ0v) is 10.0. The summed E-state index contributed by atoms with van der Waals surface area (Å²) in [7, 11) is 0. The summed E-state index contributed by atoms with van der Waals surface area (Å²) in [6.45, 7) is 4.19. The molecule has 0 aromatic carbocycles. The van der Waals surface area contributed by atoms with E-state index in [-0.39, 0.29) is 11.7 Å². The van der Waals surface area contributed by atoms with Crippen molar-refractivity contribution in [2.24, 2.45) is 5.92 Å². The van der Waals surface area contributed by atoms with E-state index in [4.69, 9.17) is 4.74 Å². The van der Waals surface area contributed by atoms with E-state index in [1.54, 1.807) is 0 Å². The van der Waals surface area contributed by atoms with Crippen molar-refractivity contribution in [2.45, 2.75) is 76.6 Å². The molecule has 2 fully saturated rings. The number of hydrogen-bond donors (Lipinski definition) is 1. The van der Waals surface area contributed by atoms with Crippen molar-refractivity contribution in [1.29, 1.82) is 0 Å². The van der Waals surface area contributed by atoms with Crippen molar-refractivity contribution in [1.82, 2.24) is 0 Å². The molecule has 0 radical (unpaired) electrons. The first-order valence-electron chi connectivity index (χ1n) is 6.50. The molecule has 2 aliphatic rings. The van der Waals surface area contributed by atoms with Gasteiger partial charge in [-0.2, -0.15) is 0 Å². The number of fused-ring (bicyclic) bond motifs is 2. The van der Waals surface area contributed by atoms with Crippen LogP contribution in [-0.4, -0.2) is 22.9 Å². The molecule has 2 rings (SSSR count). The second-order valence-corrected chi connectivity index (χ2v) is 5.63. The molecule has 2 saturated heterocycles. The SMILES string of the molecule is CC(C)C(O)C12CCCCC(CCC1)O2. The molecule has 0 aliphatic carbocycles. The topological polar surface area (TPSA) is 29.5 Å². The summed E-state index contributed by atoms with van der Waals surface area (Å²) < 4.78 is 6.21. The van der Waals surface area contributed by atoms with Crippen LogP contribution in [0.1, 0.15) is 58.8 Å². The summed E-state index contributed by atoms with van der Waals surface area (Å²) in [5.41, 5.74) is -0.201. The molecule has 0 aromatic heterocycles. The molecule has 2 bridgehead atoms. The highest BCUT2D eigenvalue weighted by Gasteiger charge is 2.45. The molecule has 0 saturated carbocycles. The van der Waals surface area contributed by atoms with Crippen molar-refractivity contribution in [3.05, 3.63) is 0 Å². The van der Waals surface area contributed by atoms with Gasteiger partial charge in [0.05, 0.1) is 17.8 Å². The first-order chi connectivity index (χ1) is 7.14. The minimum absolute atomic E-state index is 0.201. The highest BCUT2D eigenvalue weighted by molar-refractivity contribution is 4.95. The fourth-order valence-corrected chi connectivity index (χ4v) is 3.24. The molecule has 2 heterocycles. The second-order valence-electron chi connectivity index (χ2n) is 5.63. The fourth-order valence-electron chi connectivity index (χ4n) is 3.24. The predicted octanol–water partition coefficient (Wildman–Crippen LogP) is 2.89. The molecule has 2 nitrogen and oxygen atoms in total. The van der Waals surface area contributed by atoms with E-state index in [0.29, 0.717) is 12.0 Å². The Morgan fingerprint density at radius 1 is 1.13 bits per heavy atom. The van der Waals surface area contributed by atoms with Gasteiger partial charge in [0.2, 0.25) is 0 Å². The average molecular weight is 212 g/mol. The van der Waals surface area contributed by atoms with E-state index < -0.39 is 0 Å². The smallest absolute Gasteiger partial charge is 0.0946 e. The van der Waals surface area contributed by atoms with Gasteiger partial charge in [0.1, 0.15) is 0 Å². The van der Waals surface area contributed by atoms with Gasteiger partial charge in [0, 0.05) is 0 Å². The van der Waals surface area contributed by atoms with Crippen LogP contribution in [0, 0.1) is 5.92 Å². The van der Waals surface area contributed by atoms with Gasteiger partial charge in [0.25, 0.3) is 0 Å². The van der Waals surface area contributed by atoms with Crippen molar-refractivity contribution < 1.29 is 9.84 Å². The molecule has 2 aliphatic heterocycles. The largest absolute Gasteiger partial charge is 0.390 e. The van der Waals surface area contributed by atoms with E-state index in [9.17, 15) is 5.11 Å². The summed E-state index contributed by atoms with van der Waals surface area (Å²) in [5.74, 6) is 0.307. The Morgan fingerprint density at radius 2 is 1.80 bits per heavy atom. The molecule has 3 unspecified atom stereocenters. The van der Waals surface area contributed by atoms with Crippen LogP contribution in [0.5, 0.6) is 0 Å². The number of ether oxygens (including phenoxy) is 1. The quantitative estimate of drug-likeness (QED) is 0.762. The minimum atomic E-state index is -0.279. The maximum atomic E-state index is 10.4. The number of aliphatic hydroxyl groups is 1. The lowest BCUT2D eigenvalue weighted by Crippen LogP contribution is -2.51. The highest BCUT2D eigenvalue weighted by Crippen LogP contribution is 2.41. The Kier molecular flexibility index (Phi) is 3.36. The lowest BCUT2D eigenvalue weighted by molar-refractivity contribution is -0.190. The van der Waals surface area contributed by atoms with E-state index in [1.807, 2.05) is 0 Å². The van der Waals surface area contributed by atoms with Crippen molar-refractivity contribution in [3.8, 4) is 0 Å². The van der Waals surface area contributed by atoms with Gasteiger partial charge < -0.3 is 9.84 Å². The molecular weight excluding hydrogens is 188 g/mol. The van der Waals surface area contributed by atoms with Crippen LogP contribution in [-0.2, 0) is 4.74 Å². The molecule has 0 amide bonds. The first-order valence-corrected chi connectivity index (χ1v) is 6.50. The molecule has 2 heteroatoms. The monoisotopic (exact) mass is 212 g/mol. The third kappa shape index (κ3) is 2.21. The normalized spacial score (nSPS) is 38.8. The molecule has 15 heavy (non-hydrogen) atoms. The van der Waals surface area contributed by atoms with Crippen LogP contribution in [0.25, 0.3) is 0 Å². The van der Waals surface area contributed by atoms with Crippen LogP contribution >= 0.6 is 0 Å². The second kappa shape index (κ2) is 4.42. The summed E-state index contributed by atoms with van der Waals surface area (Å²) in [6, 6.07) is 0. The van der Waals surface area contributed by atoms with Gasteiger partial charge in [-0.3, -0.25) is 0 Å². The fraction of sp³-hybridized carbons (Fsp3) is 1.00. The van der Waals surface area contributed by atoms with Gasteiger partial charge in [-0.15, -0.1) is 0 Å². The van der Waals surface area contributed by atoms with Crippen LogP contribution < -0.4 is 0 Å². The summed E-state index contributed by atoms with van der Waals surface area (Å²) in [4.78, 5) is 0. The van der Waals surface area contributed by atoms with E-state index in [2.05, 4.69) is 13.8 Å². The Bertz CT molecular complexity index is 215. The van der Waals surface area contributed by atoms with Crippen molar-refractivity contribution in [2.75, 3.05) is 0 Å². The number of hydrogen-bond acceptors (Lipinski definition) is 2. The third-order valence-corrected chi connectivity index (χ3v) is 4.07. The lowest BCUT2D eigenvalue weighted by atomic mass is 9.80. The van der Waals surface area contributed by atoms with Crippen LogP contribution in [0.2, 0.25) is 0 Å². The van der Waals surface area contributed by atoms with Gasteiger partial charge in [-0.1, -0.05) is 26.7 Å². The van der Waals surface area contributed by atoms with E-state index >= 15 is 0 Å². The highest BCUT2D eigenvalue weighted by atomic mass is 16.5. The molecule has 0 spiro atoms. The Morgan fingerprint density at radius 3 is 2.53 bits per heavy atom. The van der Waals surface area contributed by atoms with E-state index in [0.717, 1.165) is 12.8 Å². The van der Waals surface area contributed by atoms with Crippen LogP contribution in [0.3, 0.4) is 0 Å². The average Bonchev–Trinajstić information content (AvgIpc) is 2.37. The van der Waals surface area contributed by atoms with Gasteiger partial charge in [-0.25, -0.2) is 0 Å². The Hall–Kier alpha value is -0.0800. The maximum absolute atomic E-state index is 10.4. The van der Waals surface area contributed by atoms with Crippen LogP contribution in [0.15, 0.2) is 0 Å². The van der Waals surface area contributed by atoms with Gasteiger partial charge in [0.15, 0.2) is 0 Å². The van der Waals surface area contributed by atoms with Crippen LogP contribution in [0.4, 0.5) is 0 Å². The molecule has 1 N–H and O–H groups in total. The number of aliphatic hydroxyl groups excluding tert-OH is 1. The van der Waals surface area contributed by atoms with Gasteiger partial charge >= 0.3 is 0 Å². The van der Waals surface area contributed by atoms with Gasteiger partial charge in [-0.05, 0) is 38.0 Å². The zero-order chi connectivity index (χ0) is 10.9. The Balaban J connectivity index is 2.15. The summed E-state index contributed by atoms with van der Waals surface area (Å²) in [6.07, 6.45) is 8.39. The van der Waals surface area contributed by atoms with E-state index in [1.165, 1.54) is 32.1 Å². The molecular formula is C13H24O2. The first kappa shape index (κ1) is 11.4. The zero-order valence-electron chi connectivity index (χ0n) is 10.0. The predicted molar refractivity (Wildman–Crippen MR) is 60.8 cm³/mol. The molecule has 3 atom stereocenters. The summed E-state index contributed by atoms with van der Waals surface area (Å²) >= 11 is 0. The lowest BCUT2D eigenvalue weighted by Gasteiger charge is -2.44. The molecule has 88 valence electrons. The standard InChI is InChI=1S/C13H24O2/c1-10(2)12(14)13-8-4-3-6-11(15-13)7-5-9-13/h10-12,14H,3-9H2,1-2H3. The third-order valence-electron chi connectivity index (χ3n) is 4.07. The van der Waals surface area contributed by atoms with Crippen molar-refractivity contribution in [3.63, 3.8) is 0 Å². The number of rotatable bonds is 2. The maximum Gasteiger partial charge on any atom is 0.0946 e. The van der Waals surface area contributed by atoms with Crippen molar-refractivity contribution >= 4 is 0 Å². The summed E-state index contributed by atoms with van der Waals surface area (Å²) in [5, 5.41) is 10.4.